The van der Waals surface area contributed by atoms with Crippen LogP contribution < -0.4 is 15.4 Å². The molecule has 1 rings (SSSR count). The number of guanidine groups is 1. The number of halogens is 1. The standard InChI is InChI=1S/C18H29FN4O2/c1-5-6-11-20-18(22-13-17(24)23(3)4)21-12-14(2)25-16-9-7-15(19)8-10-16/h7-10,14H,5-6,11-13H2,1-4H3,(H2,20,21,22). The number of benzene rings is 1. The molecule has 0 saturated carbocycles. The molecule has 0 aromatic heterocycles. The van der Waals surface area contributed by atoms with E-state index in [4.69, 9.17) is 4.74 Å². The fourth-order valence-electron chi connectivity index (χ4n) is 1.87. The quantitative estimate of drug-likeness (QED) is 0.405. The highest BCUT2D eigenvalue weighted by Gasteiger charge is 2.08. The SMILES string of the molecule is CCCCNC(=NCC(=O)N(C)C)NCC(C)Oc1ccc(F)cc1. The fraction of sp³-hybridized carbons (Fsp3) is 0.556. The van der Waals surface area contributed by atoms with Crippen LogP contribution in [0.15, 0.2) is 29.3 Å². The molecule has 0 fully saturated rings. The van der Waals surface area contributed by atoms with E-state index < -0.39 is 0 Å². The van der Waals surface area contributed by atoms with Gasteiger partial charge in [0, 0.05) is 20.6 Å². The summed E-state index contributed by atoms with van der Waals surface area (Å²) in [4.78, 5) is 17.5. The number of amides is 1. The Balaban J connectivity index is 2.52. The Bertz CT molecular complexity index is 547. The lowest BCUT2D eigenvalue weighted by Gasteiger charge is -2.18. The van der Waals surface area contributed by atoms with Crippen molar-refractivity contribution in [1.82, 2.24) is 15.5 Å². The van der Waals surface area contributed by atoms with Gasteiger partial charge >= 0.3 is 0 Å². The Labute approximate surface area is 149 Å². The third kappa shape index (κ3) is 8.93. The molecule has 1 atom stereocenters. The monoisotopic (exact) mass is 352 g/mol. The number of unbranched alkanes of at least 4 members (excludes halogenated alkanes) is 1. The minimum absolute atomic E-state index is 0.0628. The Morgan fingerprint density at radius 1 is 1.28 bits per heavy atom. The number of nitrogens with one attached hydrogen (secondary N) is 2. The molecule has 0 saturated heterocycles. The number of aliphatic imine (C=N–C) groups is 1. The van der Waals surface area contributed by atoms with Crippen LogP contribution in [0.2, 0.25) is 0 Å². The van der Waals surface area contributed by atoms with Crippen molar-refractivity contribution in [1.29, 1.82) is 0 Å². The molecule has 1 aromatic rings. The Hall–Kier alpha value is -2.31. The maximum Gasteiger partial charge on any atom is 0.243 e. The van der Waals surface area contributed by atoms with E-state index in [2.05, 4.69) is 22.5 Å². The van der Waals surface area contributed by atoms with Crippen molar-refractivity contribution in [2.24, 2.45) is 4.99 Å². The van der Waals surface area contributed by atoms with Gasteiger partial charge in [-0.2, -0.15) is 0 Å². The summed E-state index contributed by atoms with van der Waals surface area (Å²) in [5.74, 6) is 0.833. The molecule has 0 aliphatic carbocycles. The van der Waals surface area contributed by atoms with Gasteiger partial charge in [-0.25, -0.2) is 9.38 Å². The van der Waals surface area contributed by atoms with Crippen LogP contribution in [0, 0.1) is 5.82 Å². The molecule has 0 bridgehead atoms. The van der Waals surface area contributed by atoms with Gasteiger partial charge in [-0.15, -0.1) is 0 Å². The van der Waals surface area contributed by atoms with Crippen LogP contribution in [-0.4, -0.2) is 56.6 Å². The van der Waals surface area contributed by atoms with Crippen LogP contribution >= 0.6 is 0 Å². The van der Waals surface area contributed by atoms with Crippen LogP contribution in [0.25, 0.3) is 0 Å². The molecule has 0 radical (unpaired) electrons. The first-order chi connectivity index (χ1) is 11.9. The van der Waals surface area contributed by atoms with Gasteiger partial charge in [0.2, 0.25) is 5.91 Å². The number of nitrogens with zero attached hydrogens (tertiary/aromatic N) is 2. The van der Waals surface area contributed by atoms with E-state index in [1.165, 1.54) is 17.0 Å². The van der Waals surface area contributed by atoms with Gasteiger partial charge in [0.15, 0.2) is 5.96 Å². The predicted octanol–water partition coefficient (Wildman–Crippen LogP) is 2.02. The van der Waals surface area contributed by atoms with Crippen molar-refractivity contribution in [2.75, 3.05) is 33.7 Å². The second kappa shape index (κ2) is 11.3. The average Bonchev–Trinajstić information content (AvgIpc) is 2.58. The number of carbonyl (C=O) groups excluding carboxylic acids is 1. The van der Waals surface area contributed by atoms with E-state index >= 15 is 0 Å². The summed E-state index contributed by atoms with van der Waals surface area (Å²) in [6.07, 6.45) is 1.94. The van der Waals surface area contributed by atoms with E-state index in [1.54, 1.807) is 26.2 Å². The molecule has 1 aromatic carbocycles. The van der Waals surface area contributed by atoms with Crippen molar-refractivity contribution >= 4 is 11.9 Å². The lowest BCUT2D eigenvalue weighted by molar-refractivity contribution is -0.127. The summed E-state index contributed by atoms with van der Waals surface area (Å²) in [6.45, 7) is 5.39. The van der Waals surface area contributed by atoms with Crippen molar-refractivity contribution < 1.29 is 13.9 Å². The van der Waals surface area contributed by atoms with Crippen LogP contribution in [-0.2, 0) is 4.79 Å². The summed E-state index contributed by atoms with van der Waals surface area (Å²) in [5, 5.41) is 6.38. The molecule has 7 heteroatoms. The zero-order valence-electron chi connectivity index (χ0n) is 15.5. The number of hydrogen-bond acceptors (Lipinski definition) is 3. The van der Waals surface area contributed by atoms with Gasteiger partial charge in [0.05, 0.1) is 6.54 Å². The lowest BCUT2D eigenvalue weighted by atomic mass is 10.3. The largest absolute Gasteiger partial charge is 0.489 e. The highest BCUT2D eigenvalue weighted by Crippen LogP contribution is 2.12. The van der Waals surface area contributed by atoms with Gasteiger partial charge < -0.3 is 20.3 Å². The Morgan fingerprint density at radius 2 is 1.96 bits per heavy atom. The van der Waals surface area contributed by atoms with Gasteiger partial charge in [-0.1, -0.05) is 13.3 Å². The molecule has 1 amide bonds. The molecule has 0 spiro atoms. The van der Waals surface area contributed by atoms with E-state index in [9.17, 15) is 9.18 Å². The highest BCUT2D eigenvalue weighted by atomic mass is 19.1. The number of likely N-dealkylation sites (N-methyl/N-ethyl adjacent to an activating group) is 1. The fourth-order valence-corrected chi connectivity index (χ4v) is 1.87. The van der Waals surface area contributed by atoms with Gasteiger partial charge in [-0.05, 0) is 37.6 Å². The molecule has 0 aliphatic rings. The number of hydrogen-bond donors (Lipinski definition) is 2. The minimum Gasteiger partial charge on any atom is -0.489 e. The number of rotatable bonds is 9. The molecule has 0 aliphatic heterocycles. The summed E-state index contributed by atoms with van der Waals surface area (Å²) in [5.41, 5.74) is 0. The molecule has 25 heavy (non-hydrogen) atoms. The van der Waals surface area contributed by atoms with Crippen molar-refractivity contribution in [3.63, 3.8) is 0 Å². The topological polar surface area (TPSA) is 66.0 Å². The van der Waals surface area contributed by atoms with Crippen molar-refractivity contribution in [2.45, 2.75) is 32.8 Å². The minimum atomic E-state index is -0.293. The van der Waals surface area contributed by atoms with Gasteiger partial charge in [0.1, 0.15) is 24.2 Å². The predicted molar refractivity (Wildman–Crippen MR) is 98.4 cm³/mol. The molecule has 1 unspecified atom stereocenters. The first-order valence-electron chi connectivity index (χ1n) is 8.57. The van der Waals surface area contributed by atoms with Gasteiger partial charge in [0.25, 0.3) is 0 Å². The zero-order valence-corrected chi connectivity index (χ0v) is 15.5. The third-order valence-corrected chi connectivity index (χ3v) is 3.40. The summed E-state index contributed by atoms with van der Waals surface area (Å²) >= 11 is 0. The van der Waals surface area contributed by atoms with Crippen molar-refractivity contribution in [3.05, 3.63) is 30.1 Å². The first kappa shape index (κ1) is 20.7. The normalized spacial score (nSPS) is 12.4. The summed E-state index contributed by atoms with van der Waals surface area (Å²) in [6, 6.07) is 5.91. The van der Waals surface area contributed by atoms with Crippen LogP contribution in [0.4, 0.5) is 4.39 Å². The molecule has 0 heterocycles. The summed E-state index contributed by atoms with van der Waals surface area (Å²) < 4.78 is 18.6. The number of ether oxygens (including phenoxy) is 1. The van der Waals surface area contributed by atoms with E-state index in [0.29, 0.717) is 18.3 Å². The smallest absolute Gasteiger partial charge is 0.243 e. The third-order valence-electron chi connectivity index (χ3n) is 3.40. The average molecular weight is 352 g/mol. The Morgan fingerprint density at radius 3 is 2.56 bits per heavy atom. The van der Waals surface area contributed by atoms with E-state index in [1.807, 2.05) is 6.92 Å². The van der Waals surface area contributed by atoms with E-state index in [-0.39, 0.29) is 24.4 Å². The van der Waals surface area contributed by atoms with Crippen LogP contribution in [0.3, 0.4) is 0 Å². The second-order valence-electron chi connectivity index (χ2n) is 6.00. The molecular weight excluding hydrogens is 323 g/mol. The van der Waals surface area contributed by atoms with Crippen LogP contribution in [0.1, 0.15) is 26.7 Å². The first-order valence-corrected chi connectivity index (χ1v) is 8.57. The zero-order chi connectivity index (χ0) is 18.7. The van der Waals surface area contributed by atoms with Crippen molar-refractivity contribution in [3.8, 4) is 5.75 Å². The number of carbonyl (C=O) groups is 1. The lowest BCUT2D eigenvalue weighted by Crippen LogP contribution is -2.42. The Kier molecular flexibility index (Phi) is 9.36. The molecule has 2 N–H and O–H groups in total. The maximum absolute atomic E-state index is 12.9. The molecule has 6 nitrogen and oxygen atoms in total. The highest BCUT2D eigenvalue weighted by molar-refractivity contribution is 5.84. The van der Waals surface area contributed by atoms with E-state index in [0.717, 1.165) is 19.4 Å². The van der Waals surface area contributed by atoms with Gasteiger partial charge in [-0.3, -0.25) is 4.79 Å². The summed E-state index contributed by atoms with van der Waals surface area (Å²) in [7, 11) is 3.40. The van der Waals surface area contributed by atoms with Crippen LogP contribution in [0.5, 0.6) is 5.75 Å². The maximum atomic E-state index is 12.9. The molecule has 140 valence electrons. The second-order valence-corrected chi connectivity index (χ2v) is 6.00. The molecular formula is C18H29FN4O2.